The molecule has 0 bridgehead atoms. The van der Waals surface area contributed by atoms with Gasteiger partial charge < -0.3 is 10.2 Å². The number of aliphatic imine (C=N–C) groups is 2. The third kappa shape index (κ3) is 7.36. The van der Waals surface area contributed by atoms with Crippen molar-refractivity contribution in [1.82, 2.24) is 0 Å². The highest BCUT2D eigenvalue weighted by Gasteiger charge is 2.31. The number of nitrogens with zero attached hydrogens (tertiary/aromatic N) is 2. The van der Waals surface area contributed by atoms with Crippen LogP contribution in [0.5, 0.6) is 11.5 Å². The van der Waals surface area contributed by atoms with Gasteiger partial charge in [0.25, 0.3) is 0 Å². The normalized spacial score (nSPS) is 17.2. The van der Waals surface area contributed by atoms with Crippen molar-refractivity contribution in [2.24, 2.45) is 9.98 Å². The average molecular weight is 547 g/mol. The molecule has 1 saturated carbocycles. The minimum absolute atomic E-state index is 0.0582. The number of aromatic hydroxyl groups is 2. The van der Waals surface area contributed by atoms with Gasteiger partial charge in [0.2, 0.25) is 0 Å². The monoisotopic (exact) mass is 546 g/mol. The van der Waals surface area contributed by atoms with Crippen LogP contribution >= 0.6 is 0 Å². The summed E-state index contributed by atoms with van der Waals surface area (Å²) in [5, 5.41) is 22.6. The maximum atomic E-state index is 11.3. The molecule has 40 heavy (non-hydrogen) atoms. The summed E-state index contributed by atoms with van der Waals surface area (Å²) in [6.07, 6.45) is 8.65. The van der Waals surface area contributed by atoms with E-state index in [0.29, 0.717) is 11.5 Å². The van der Waals surface area contributed by atoms with Crippen LogP contribution in [0, 0.1) is 0 Å². The van der Waals surface area contributed by atoms with Gasteiger partial charge in [-0.25, -0.2) is 0 Å². The van der Waals surface area contributed by atoms with Crippen LogP contribution in [0.2, 0.25) is 0 Å². The Balaban J connectivity index is 2.14. The Kier molecular flexibility index (Phi) is 8.76. The predicted octanol–water partition coefficient (Wildman–Crippen LogP) is 9.49. The number of phenols is 2. The zero-order chi connectivity index (χ0) is 30.3. The quantitative estimate of drug-likeness (QED) is 0.375. The standard InChI is InChI=1S/C36H54N2O2/c1-32(2,3)26-18-24(30(39)28(20-26)34(7,8)9)22-37-36(16-14-13-15-17-36)38-23-25-19-27(33(4,5)6)21-29(31(25)40)35(10,11)12/h18-23,39-40H,13-17H2,1-12H3/b37-22+,38-23+. The first-order valence-electron chi connectivity index (χ1n) is 15.0. The van der Waals surface area contributed by atoms with Crippen molar-refractivity contribution in [3.05, 3.63) is 57.6 Å². The first-order chi connectivity index (χ1) is 18.1. The fourth-order valence-electron chi connectivity index (χ4n) is 5.31. The molecule has 2 aromatic carbocycles. The Morgan fingerprint density at radius 1 is 0.550 bits per heavy atom. The minimum atomic E-state index is -0.615. The summed E-state index contributed by atoms with van der Waals surface area (Å²) in [6.45, 7) is 26.0. The SMILES string of the molecule is CC(C)(C)c1cc(/C=N/C2(/N=C/c3cc(C(C)(C)C)cc(C(C)(C)C)c3O)CCCCC2)c(O)c(C(C)(C)C)c1. The van der Waals surface area contributed by atoms with Gasteiger partial charge in [-0.2, -0.15) is 0 Å². The molecule has 0 unspecified atom stereocenters. The number of phenolic OH excluding ortho intramolecular Hbond substituents is 2. The lowest BCUT2D eigenvalue weighted by Gasteiger charge is -2.31. The lowest BCUT2D eigenvalue weighted by molar-refractivity contribution is 0.313. The van der Waals surface area contributed by atoms with E-state index < -0.39 is 5.66 Å². The number of rotatable bonds is 4. The molecule has 4 heteroatoms. The van der Waals surface area contributed by atoms with Crippen molar-refractivity contribution >= 4 is 12.4 Å². The van der Waals surface area contributed by atoms with E-state index in [-0.39, 0.29) is 21.7 Å². The Labute approximate surface area is 244 Å². The molecule has 4 nitrogen and oxygen atoms in total. The van der Waals surface area contributed by atoms with E-state index in [4.69, 9.17) is 9.98 Å². The largest absolute Gasteiger partial charge is 0.507 e. The molecule has 0 amide bonds. The van der Waals surface area contributed by atoms with Crippen molar-refractivity contribution < 1.29 is 10.2 Å². The predicted molar refractivity (Wildman–Crippen MR) is 172 cm³/mol. The first-order valence-corrected chi connectivity index (χ1v) is 15.0. The lowest BCUT2D eigenvalue weighted by Crippen LogP contribution is -2.28. The van der Waals surface area contributed by atoms with Crippen molar-refractivity contribution in [3.63, 3.8) is 0 Å². The molecule has 2 aromatic rings. The topological polar surface area (TPSA) is 65.2 Å². The average Bonchev–Trinajstić information content (AvgIpc) is 2.80. The summed E-state index contributed by atoms with van der Waals surface area (Å²) < 4.78 is 0. The van der Waals surface area contributed by atoms with E-state index in [1.54, 1.807) is 0 Å². The zero-order valence-corrected chi connectivity index (χ0v) is 27.3. The molecule has 1 aliphatic rings. The second kappa shape index (κ2) is 11.0. The molecular formula is C36H54N2O2. The Hall–Kier alpha value is -2.62. The van der Waals surface area contributed by atoms with E-state index in [9.17, 15) is 10.2 Å². The Bertz CT molecular complexity index is 1170. The minimum Gasteiger partial charge on any atom is -0.507 e. The van der Waals surface area contributed by atoms with Gasteiger partial charge in [0.15, 0.2) is 0 Å². The molecule has 0 aliphatic heterocycles. The van der Waals surface area contributed by atoms with Crippen molar-refractivity contribution in [1.29, 1.82) is 0 Å². The summed E-state index contributed by atoms with van der Waals surface area (Å²) >= 11 is 0. The van der Waals surface area contributed by atoms with Crippen LogP contribution in [-0.2, 0) is 21.7 Å². The molecular weight excluding hydrogens is 492 g/mol. The van der Waals surface area contributed by atoms with Crippen LogP contribution in [0.4, 0.5) is 0 Å². The van der Waals surface area contributed by atoms with Gasteiger partial charge in [-0.05, 0) is 70.6 Å². The summed E-state index contributed by atoms with van der Waals surface area (Å²) in [5.74, 6) is 0.592. The Morgan fingerprint density at radius 2 is 0.900 bits per heavy atom. The van der Waals surface area contributed by atoms with E-state index >= 15 is 0 Å². The van der Waals surface area contributed by atoms with Gasteiger partial charge in [0.05, 0.1) is 0 Å². The first kappa shape index (κ1) is 31.9. The fourth-order valence-corrected chi connectivity index (χ4v) is 5.31. The van der Waals surface area contributed by atoms with Crippen LogP contribution in [-0.4, -0.2) is 28.3 Å². The second-order valence-electron chi connectivity index (χ2n) is 16.0. The van der Waals surface area contributed by atoms with E-state index in [2.05, 4.69) is 107 Å². The summed E-state index contributed by atoms with van der Waals surface area (Å²) in [5.41, 5.74) is 4.57. The molecule has 0 heterocycles. The van der Waals surface area contributed by atoms with Gasteiger partial charge in [0.1, 0.15) is 17.2 Å². The molecule has 0 saturated heterocycles. The number of hydrogen-bond acceptors (Lipinski definition) is 4. The molecule has 220 valence electrons. The third-order valence-corrected chi connectivity index (χ3v) is 8.17. The second-order valence-corrected chi connectivity index (χ2v) is 16.0. The molecule has 1 aliphatic carbocycles. The lowest BCUT2D eigenvalue weighted by atomic mass is 9.79. The Morgan fingerprint density at radius 3 is 1.20 bits per heavy atom. The molecule has 2 N–H and O–H groups in total. The van der Waals surface area contributed by atoms with Gasteiger partial charge >= 0.3 is 0 Å². The van der Waals surface area contributed by atoms with Gasteiger partial charge in [-0.3, -0.25) is 9.98 Å². The van der Waals surface area contributed by atoms with Gasteiger partial charge in [0, 0.05) is 34.7 Å². The van der Waals surface area contributed by atoms with Crippen molar-refractivity contribution in [2.75, 3.05) is 0 Å². The molecule has 1 fully saturated rings. The molecule has 0 spiro atoms. The molecule has 0 radical (unpaired) electrons. The fraction of sp³-hybridized carbons (Fsp3) is 0.611. The molecule has 0 atom stereocenters. The number of hydrogen-bond donors (Lipinski definition) is 2. The number of benzene rings is 2. The van der Waals surface area contributed by atoms with Crippen molar-refractivity contribution in [3.8, 4) is 11.5 Å². The van der Waals surface area contributed by atoms with E-state index in [0.717, 1.165) is 47.9 Å². The van der Waals surface area contributed by atoms with Crippen LogP contribution < -0.4 is 0 Å². The van der Waals surface area contributed by atoms with Crippen molar-refractivity contribution in [2.45, 2.75) is 143 Å². The smallest absolute Gasteiger partial charge is 0.150 e. The van der Waals surface area contributed by atoms with E-state index in [1.807, 2.05) is 12.4 Å². The van der Waals surface area contributed by atoms with Crippen LogP contribution in [0.3, 0.4) is 0 Å². The van der Waals surface area contributed by atoms with Gasteiger partial charge in [-0.15, -0.1) is 0 Å². The maximum Gasteiger partial charge on any atom is 0.150 e. The van der Waals surface area contributed by atoms with Gasteiger partial charge in [-0.1, -0.05) is 102 Å². The highest BCUT2D eigenvalue weighted by molar-refractivity contribution is 5.87. The summed E-state index contributed by atoms with van der Waals surface area (Å²) in [6, 6.07) is 8.42. The summed E-state index contributed by atoms with van der Waals surface area (Å²) in [7, 11) is 0. The molecule has 0 aromatic heterocycles. The third-order valence-electron chi connectivity index (χ3n) is 8.17. The molecule has 3 rings (SSSR count). The highest BCUT2D eigenvalue weighted by Crippen LogP contribution is 2.40. The zero-order valence-electron chi connectivity index (χ0n) is 27.3. The highest BCUT2D eigenvalue weighted by atomic mass is 16.3. The van der Waals surface area contributed by atoms with E-state index in [1.165, 1.54) is 17.5 Å². The summed E-state index contributed by atoms with van der Waals surface area (Å²) in [4.78, 5) is 10.2. The maximum absolute atomic E-state index is 11.3. The van der Waals surface area contributed by atoms with Crippen LogP contribution in [0.1, 0.15) is 149 Å². The van der Waals surface area contributed by atoms with Crippen LogP contribution in [0.15, 0.2) is 34.3 Å². The van der Waals surface area contributed by atoms with Crippen LogP contribution in [0.25, 0.3) is 0 Å².